The molecule has 2 aromatic carbocycles. The Balaban J connectivity index is 1.49. The van der Waals surface area contributed by atoms with Gasteiger partial charge in [-0.05, 0) is 54.7 Å². The van der Waals surface area contributed by atoms with E-state index in [1.54, 1.807) is 11.9 Å². The second-order valence-corrected chi connectivity index (χ2v) is 7.22. The van der Waals surface area contributed by atoms with Gasteiger partial charge in [-0.2, -0.15) is 4.98 Å². The van der Waals surface area contributed by atoms with E-state index in [2.05, 4.69) is 27.6 Å². The van der Waals surface area contributed by atoms with Crippen LogP contribution in [0.4, 0.5) is 10.5 Å². The van der Waals surface area contributed by atoms with Gasteiger partial charge in [-0.3, -0.25) is 4.90 Å². The first-order chi connectivity index (χ1) is 13.5. The van der Waals surface area contributed by atoms with E-state index in [4.69, 9.17) is 4.52 Å². The molecule has 0 saturated heterocycles. The number of fused-ring (bicyclic) bond motifs is 1. The van der Waals surface area contributed by atoms with Gasteiger partial charge in [0.1, 0.15) is 0 Å². The molecule has 2 amide bonds. The number of urea groups is 1. The van der Waals surface area contributed by atoms with Crippen LogP contribution in [-0.2, 0) is 12.8 Å². The molecule has 1 aliphatic rings. The molecule has 28 heavy (non-hydrogen) atoms. The van der Waals surface area contributed by atoms with Gasteiger partial charge in [-0.25, -0.2) is 4.79 Å². The van der Waals surface area contributed by atoms with Gasteiger partial charge < -0.3 is 9.84 Å². The first-order valence-corrected chi connectivity index (χ1v) is 9.62. The molecule has 1 N–H and O–H groups in total. The molecule has 1 heterocycles. The fourth-order valence-corrected chi connectivity index (χ4v) is 3.62. The molecule has 0 unspecified atom stereocenters. The van der Waals surface area contributed by atoms with Crippen LogP contribution in [0.1, 0.15) is 42.0 Å². The molecule has 0 bridgehead atoms. The highest BCUT2D eigenvalue weighted by Gasteiger charge is 2.26. The Kier molecular flexibility index (Phi) is 4.86. The summed E-state index contributed by atoms with van der Waals surface area (Å²) in [6.45, 7) is 4.01. The lowest BCUT2D eigenvalue weighted by atomic mass is 10.0. The number of nitrogens with one attached hydrogen (secondary N) is 1. The van der Waals surface area contributed by atoms with Gasteiger partial charge in [-0.15, -0.1) is 0 Å². The van der Waals surface area contributed by atoms with E-state index in [9.17, 15) is 4.79 Å². The van der Waals surface area contributed by atoms with Gasteiger partial charge >= 0.3 is 6.03 Å². The van der Waals surface area contributed by atoms with Gasteiger partial charge in [0.05, 0.1) is 6.04 Å². The number of carbonyl (C=O) groups is 1. The van der Waals surface area contributed by atoms with Crippen molar-refractivity contribution >= 4 is 11.7 Å². The number of carbonyl (C=O) groups excluding carboxylic acids is 1. The molecule has 4 rings (SSSR count). The minimum Gasteiger partial charge on any atom is -0.339 e. The number of benzene rings is 2. The summed E-state index contributed by atoms with van der Waals surface area (Å²) < 4.78 is 5.21. The quantitative estimate of drug-likeness (QED) is 0.731. The second kappa shape index (κ2) is 7.46. The lowest BCUT2D eigenvalue weighted by Crippen LogP contribution is -2.38. The number of hydrogen-bond donors (Lipinski definition) is 1. The van der Waals surface area contributed by atoms with Crippen molar-refractivity contribution in [2.45, 2.75) is 39.2 Å². The molecule has 1 aliphatic carbocycles. The van der Waals surface area contributed by atoms with Gasteiger partial charge in [0.2, 0.25) is 11.7 Å². The topological polar surface area (TPSA) is 71.3 Å². The first kappa shape index (κ1) is 18.2. The van der Waals surface area contributed by atoms with E-state index in [1.165, 1.54) is 5.56 Å². The van der Waals surface area contributed by atoms with E-state index in [1.807, 2.05) is 44.2 Å². The van der Waals surface area contributed by atoms with E-state index < -0.39 is 0 Å². The third kappa shape index (κ3) is 3.50. The molecule has 6 nitrogen and oxygen atoms in total. The fraction of sp³-hybridized carbons (Fsp3) is 0.318. The van der Waals surface area contributed by atoms with Crippen molar-refractivity contribution in [1.29, 1.82) is 0 Å². The number of anilines is 1. The maximum absolute atomic E-state index is 12.7. The average Bonchev–Trinajstić information content (AvgIpc) is 3.34. The van der Waals surface area contributed by atoms with Crippen LogP contribution in [0.5, 0.6) is 0 Å². The summed E-state index contributed by atoms with van der Waals surface area (Å²) in [5.74, 6) is 1.26. The van der Waals surface area contributed by atoms with Crippen LogP contribution in [0.15, 0.2) is 47.0 Å². The fourth-order valence-electron chi connectivity index (χ4n) is 3.62. The van der Waals surface area contributed by atoms with Crippen molar-refractivity contribution in [3.05, 3.63) is 65.0 Å². The Morgan fingerprint density at radius 3 is 2.89 bits per heavy atom. The molecule has 3 aromatic rings. The van der Waals surface area contributed by atoms with Gasteiger partial charge in [-0.1, -0.05) is 36.3 Å². The van der Waals surface area contributed by atoms with E-state index in [-0.39, 0.29) is 12.1 Å². The molecule has 144 valence electrons. The van der Waals surface area contributed by atoms with Crippen LogP contribution in [0.2, 0.25) is 0 Å². The van der Waals surface area contributed by atoms with Crippen LogP contribution >= 0.6 is 0 Å². The number of aryl methyl sites for hydroxylation is 3. The Morgan fingerprint density at radius 2 is 2.14 bits per heavy atom. The van der Waals surface area contributed by atoms with Crippen LogP contribution < -0.4 is 10.2 Å². The summed E-state index contributed by atoms with van der Waals surface area (Å²) in [6, 6.07) is 14.0. The Labute approximate surface area is 164 Å². The highest BCUT2D eigenvalue weighted by atomic mass is 16.5. The summed E-state index contributed by atoms with van der Waals surface area (Å²) in [5, 5.41) is 7.21. The average molecular weight is 376 g/mol. The van der Waals surface area contributed by atoms with Gasteiger partial charge in [0, 0.05) is 24.7 Å². The lowest BCUT2D eigenvalue weighted by molar-refractivity contribution is 0.244. The molecular weight excluding hydrogens is 352 g/mol. The Bertz CT molecular complexity index is 1010. The summed E-state index contributed by atoms with van der Waals surface area (Å²) >= 11 is 0. The minimum absolute atomic E-state index is 0.0141. The van der Waals surface area contributed by atoms with E-state index in [0.29, 0.717) is 11.7 Å². The monoisotopic (exact) mass is 376 g/mol. The summed E-state index contributed by atoms with van der Waals surface area (Å²) in [6.07, 6.45) is 2.53. The molecule has 0 radical (unpaired) electrons. The molecule has 0 spiro atoms. The standard InChI is InChI=1S/C22H24N4O2/c1-4-20-24-21(25-28-20)16-8-10-18-15(13-16)9-11-19(18)23-22(27)26(3)17-7-5-6-14(2)12-17/h5-8,10,12-13,19H,4,9,11H2,1-3H3,(H,23,27)/t19-/m1/s1. The predicted octanol–water partition coefficient (Wildman–Crippen LogP) is 4.44. The van der Waals surface area contributed by atoms with Crippen molar-refractivity contribution in [3.63, 3.8) is 0 Å². The molecule has 0 fully saturated rings. The maximum atomic E-state index is 12.7. The van der Waals surface area contributed by atoms with E-state index in [0.717, 1.165) is 41.6 Å². The first-order valence-electron chi connectivity index (χ1n) is 9.62. The molecular formula is C22H24N4O2. The van der Waals surface area contributed by atoms with Crippen LogP contribution in [-0.4, -0.2) is 23.2 Å². The SMILES string of the molecule is CCc1nc(-c2ccc3c(c2)CC[C@H]3NC(=O)N(C)c2cccc(C)c2)no1. The zero-order valence-corrected chi connectivity index (χ0v) is 16.4. The van der Waals surface area contributed by atoms with Crippen molar-refractivity contribution in [2.75, 3.05) is 11.9 Å². The zero-order chi connectivity index (χ0) is 19.7. The maximum Gasteiger partial charge on any atom is 0.322 e. The van der Waals surface area contributed by atoms with Crippen molar-refractivity contribution in [2.24, 2.45) is 0 Å². The number of rotatable bonds is 4. The predicted molar refractivity (Wildman–Crippen MR) is 108 cm³/mol. The lowest BCUT2D eigenvalue weighted by Gasteiger charge is -2.22. The summed E-state index contributed by atoms with van der Waals surface area (Å²) in [5.41, 5.74) is 5.35. The summed E-state index contributed by atoms with van der Waals surface area (Å²) in [4.78, 5) is 18.8. The largest absolute Gasteiger partial charge is 0.339 e. The van der Waals surface area contributed by atoms with Gasteiger partial charge in [0.15, 0.2) is 0 Å². The number of nitrogens with zero attached hydrogens (tertiary/aromatic N) is 3. The highest BCUT2D eigenvalue weighted by Crippen LogP contribution is 2.34. The molecule has 6 heteroatoms. The second-order valence-electron chi connectivity index (χ2n) is 7.22. The molecule has 0 saturated carbocycles. The van der Waals surface area contributed by atoms with Gasteiger partial charge in [0.25, 0.3) is 0 Å². The van der Waals surface area contributed by atoms with Crippen molar-refractivity contribution in [3.8, 4) is 11.4 Å². The third-order valence-electron chi connectivity index (χ3n) is 5.24. The molecule has 1 atom stereocenters. The number of hydrogen-bond acceptors (Lipinski definition) is 4. The Hall–Kier alpha value is -3.15. The smallest absolute Gasteiger partial charge is 0.322 e. The normalized spacial score (nSPS) is 15.3. The molecule has 1 aromatic heterocycles. The zero-order valence-electron chi connectivity index (χ0n) is 16.4. The third-order valence-corrected chi connectivity index (χ3v) is 5.24. The van der Waals surface area contributed by atoms with E-state index >= 15 is 0 Å². The van der Waals surface area contributed by atoms with Crippen LogP contribution in [0.25, 0.3) is 11.4 Å². The number of aromatic nitrogens is 2. The van der Waals surface area contributed by atoms with Crippen LogP contribution in [0, 0.1) is 6.92 Å². The highest BCUT2D eigenvalue weighted by molar-refractivity contribution is 5.91. The number of amides is 2. The van der Waals surface area contributed by atoms with Crippen LogP contribution in [0.3, 0.4) is 0 Å². The van der Waals surface area contributed by atoms with Crippen molar-refractivity contribution in [1.82, 2.24) is 15.5 Å². The summed E-state index contributed by atoms with van der Waals surface area (Å²) in [7, 11) is 1.80. The molecule has 0 aliphatic heterocycles. The Morgan fingerprint density at radius 1 is 1.29 bits per heavy atom. The minimum atomic E-state index is -0.0988. The van der Waals surface area contributed by atoms with Crippen molar-refractivity contribution < 1.29 is 9.32 Å².